The Balaban J connectivity index is 2.01. The fourth-order valence-electron chi connectivity index (χ4n) is 2.40. The van der Waals surface area contributed by atoms with Crippen molar-refractivity contribution in [3.63, 3.8) is 0 Å². The van der Waals surface area contributed by atoms with Gasteiger partial charge in [-0.3, -0.25) is 4.79 Å². The second kappa shape index (κ2) is 6.91. The normalized spacial score (nSPS) is 20.1. The zero-order chi connectivity index (χ0) is 13.7. The molecule has 0 radical (unpaired) electrons. The van der Waals surface area contributed by atoms with Gasteiger partial charge in [-0.1, -0.05) is 22.0 Å². The van der Waals surface area contributed by atoms with Crippen LogP contribution in [0, 0.1) is 0 Å². The van der Waals surface area contributed by atoms with Gasteiger partial charge in [0.25, 0.3) is 0 Å². The van der Waals surface area contributed by atoms with Gasteiger partial charge in [-0.05, 0) is 37.6 Å². The van der Waals surface area contributed by atoms with E-state index in [0.717, 1.165) is 30.5 Å². The van der Waals surface area contributed by atoms with Crippen molar-refractivity contribution in [2.45, 2.75) is 25.3 Å². The Morgan fingerprint density at radius 3 is 3.11 bits per heavy atom. The number of carboxylic acids is 1. The molecule has 0 bridgehead atoms. The van der Waals surface area contributed by atoms with Crippen molar-refractivity contribution >= 4 is 27.6 Å². The van der Waals surface area contributed by atoms with Crippen LogP contribution in [0.15, 0.2) is 28.7 Å². The van der Waals surface area contributed by atoms with E-state index in [0.29, 0.717) is 6.42 Å². The quantitative estimate of drug-likeness (QED) is 0.892. The molecule has 1 atom stereocenters. The van der Waals surface area contributed by atoms with Crippen molar-refractivity contribution < 1.29 is 9.90 Å². The predicted molar refractivity (Wildman–Crippen MR) is 79.6 cm³/mol. The number of carboxylic acid groups (broad SMARTS) is 1. The molecule has 2 N–H and O–H groups in total. The molecule has 1 unspecified atom stereocenters. The first kappa shape index (κ1) is 14.3. The molecule has 1 aromatic carbocycles. The Morgan fingerprint density at radius 1 is 1.53 bits per heavy atom. The number of carbonyl (C=O) groups is 1. The standard InChI is InChI=1S/C14H19BrN2O2/c15-11-3-1-4-13(9-11)17-8-2-7-16-12(10-17)5-6-14(18)19/h1,3-4,9,12,16H,2,5-8,10H2,(H,18,19). The van der Waals surface area contributed by atoms with E-state index < -0.39 is 5.97 Å². The summed E-state index contributed by atoms with van der Waals surface area (Å²) >= 11 is 3.49. The molecule has 0 spiro atoms. The van der Waals surface area contributed by atoms with E-state index in [1.165, 1.54) is 5.69 Å². The molecule has 0 aliphatic carbocycles. The van der Waals surface area contributed by atoms with Crippen molar-refractivity contribution in [2.24, 2.45) is 0 Å². The second-order valence-electron chi connectivity index (χ2n) is 4.86. The minimum Gasteiger partial charge on any atom is -0.481 e. The van der Waals surface area contributed by atoms with Gasteiger partial charge in [0.15, 0.2) is 0 Å². The number of nitrogens with zero attached hydrogens (tertiary/aromatic N) is 1. The van der Waals surface area contributed by atoms with Crippen LogP contribution in [0.3, 0.4) is 0 Å². The monoisotopic (exact) mass is 326 g/mol. The van der Waals surface area contributed by atoms with Crippen molar-refractivity contribution in [2.75, 3.05) is 24.5 Å². The van der Waals surface area contributed by atoms with Crippen LogP contribution in [0.5, 0.6) is 0 Å². The molecule has 0 amide bonds. The first-order valence-corrected chi connectivity index (χ1v) is 7.40. The highest BCUT2D eigenvalue weighted by molar-refractivity contribution is 9.10. The van der Waals surface area contributed by atoms with E-state index in [2.05, 4.69) is 38.3 Å². The maximum atomic E-state index is 10.7. The van der Waals surface area contributed by atoms with Crippen molar-refractivity contribution in [3.05, 3.63) is 28.7 Å². The number of aliphatic carboxylic acids is 1. The minimum absolute atomic E-state index is 0.226. The molecule has 104 valence electrons. The van der Waals surface area contributed by atoms with E-state index in [9.17, 15) is 4.79 Å². The summed E-state index contributed by atoms with van der Waals surface area (Å²) in [6.07, 6.45) is 1.99. The fraction of sp³-hybridized carbons (Fsp3) is 0.500. The zero-order valence-electron chi connectivity index (χ0n) is 10.8. The lowest BCUT2D eigenvalue weighted by Gasteiger charge is -2.26. The van der Waals surface area contributed by atoms with Crippen LogP contribution in [0.2, 0.25) is 0 Å². The highest BCUT2D eigenvalue weighted by Crippen LogP contribution is 2.21. The Labute approximate surface area is 121 Å². The summed E-state index contributed by atoms with van der Waals surface area (Å²) in [5.74, 6) is -0.722. The largest absolute Gasteiger partial charge is 0.481 e. The summed E-state index contributed by atoms with van der Waals surface area (Å²) in [5, 5.41) is 12.2. The number of rotatable bonds is 4. The molecule has 1 fully saturated rings. The smallest absolute Gasteiger partial charge is 0.303 e. The summed E-state index contributed by atoms with van der Waals surface area (Å²) in [7, 11) is 0. The molecule has 4 nitrogen and oxygen atoms in total. The molecule has 0 saturated carbocycles. The average molecular weight is 327 g/mol. The van der Waals surface area contributed by atoms with Crippen LogP contribution in [-0.4, -0.2) is 36.8 Å². The molecule has 1 heterocycles. The summed E-state index contributed by atoms with van der Waals surface area (Å²) < 4.78 is 1.07. The number of anilines is 1. The molecule has 1 aromatic rings. The van der Waals surface area contributed by atoms with Gasteiger partial charge in [-0.2, -0.15) is 0 Å². The Kier molecular flexibility index (Phi) is 5.22. The average Bonchev–Trinajstić information content (AvgIpc) is 2.62. The fourth-order valence-corrected chi connectivity index (χ4v) is 2.78. The molecular weight excluding hydrogens is 308 g/mol. The second-order valence-corrected chi connectivity index (χ2v) is 5.78. The van der Waals surface area contributed by atoms with Crippen LogP contribution in [0.25, 0.3) is 0 Å². The number of nitrogens with one attached hydrogen (secondary N) is 1. The van der Waals surface area contributed by atoms with Gasteiger partial charge >= 0.3 is 5.97 Å². The van der Waals surface area contributed by atoms with Crippen LogP contribution < -0.4 is 10.2 Å². The summed E-state index contributed by atoms with van der Waals surface area (Å²) in [6.45, 7) is 2.82. The molecule has 2 rings (SSSR count). The van der Waals surface area contributed by atoms with Crippen LogP contribution >= 0.6 is 15.9 Å². The van der Waals surface area contributed by atoms with Crippen LogP contribution in [0.1, 0.15) is 19.3 Å². The summed E-state index contributed by atoms with van der Waals surface area (Å²) in [6, 6.07) is 8.51. The predicted octanol–water partition coefficient (Wildman–Crippen LogP) is 2.48. The van der Waals surface area contributed by atoms with Crippen LogP contribution in [-0.2, 0) is 4.79 Å². The number of hydrogen-bond acceptors (Lipinski definition) is 3. The third-order valence-corrected chi connectivity index (χ3v) is 3.85. The van der Waals surface area contributed by atoms with Gasteiger partial charge < -0.3 is 15.3 Å². The highest BCUT2D eigenvalue weighted by Gasteiger charge is 2.18. The Hall–Kier alpha value is -1.07. The number of hydrogen-bond donors (Lipinski definition) is 2. The number of benzene rings is 1. The van der Waals surface area contributed by atoms with Gasteiger partial charge in [0.1, 0.15) is 0 Å². The van der Waals surface area contributed by atoms with E-state index >= 15 is 0 Å². The van der Waals surface area contributed by atoms with Crippen molar-refractivity contribution in [1.29, 1.82) is 0 Å². The molecule has 19 heavy (non-hydrogen) atoms. The third-order valence-electron chi connectivity index (χ3n) is 3.36. The molecule has 1 saturated heterocycles. The lowest BCUT2D eigenvalue weighted by molar-refractivity contribution is -0.137. The molecule has 0 aromatic heterocycles. The van der Waals surface area contributed by atoms with Crippen LogP contribution in [0.4, 0.5) is 5.69 Å². The minimum atomic E-state index is -0.722. The molecule has 5 heteroatoms. The highest BCUT2D eigenvalue weighted by atomic mass is 79.9. The van der Waals surface area contributed by atoms with E-state index in [-0.39, 0.29) is 12.5 Å². The van der Waals surface area contributed by atoms with Gasteiger partial charge in [-0.25, -0.2) is 0 Å². The van der Waals surface area contributed by atoms with E-state index in [1.807, 2.05) is 12.1 Å². The van der Waals surface area contributed by atoms with Gasteiger partial charge in [0.2, 0.25) is 0 Å². The van der Waals surface area contributed by atoms with Gasteiger partial charge in [0.05, 0.1) is 0 Å². The molecule has 1 aliphatic rings. The maximum Gasteiger partial charge on any atom is 0.303 e. The van der Waals surface area contributed by atoms with Crippen molar-refractivity contribution in [3.8, 4) is 0 Å². The van der Waals surface area contributed by atoms with E-state index in [4.69, 9.17) is 5.11 Å². The van der Waals surface area contributed by atoms with Crippen molar-refractivity contribution in [1.82, 2.24) is 5.32 Å². The molecule has 1 aliphatic heterocycles. The Morgan fingerprint density at radius 2 is 2.37 bits per heavy atom. The lowest BCUT2D eigenvalue weighted by Crippen LogP contribution is -2.38. The summed E-state index contributed by atoms with van der Waals surface area (Å²) in [5.41, 5.74) is 1.19. The van der Waals surface area contributed by atoms with Gasteiger partial charge in [0, 0.05) is 35.7 Å². The van der Waals surface area contributed by atoms with E-state index in [1.54, 1.807) is 0 Å². The summed E-state index contributed by atoms with van der Waals surface area (Å²) in [4.78, 5) is 13.0. The molecular formula is C14H19BrN2O2. The maximum absolute atomic E-state index is 10.7. The topological polar surface area (TPSA) is 52.6 Å². The zero-order valence-corrected chi connectivity index (χ0v) is 12.4. The third kappa shape index (κ3) is 4.51. The number of halogens is 1. The van der Waals surface area contributed by atoms with Gasteiger partial charge in [-0.15, -0.1) is 0 Å². The Bertz CT molecular complexity index is 439. The first-order valence-electron chi connectivity index (χ1n) is 6.61. The lowest BCUT2D eigenvalue weighted by atomic mass is 10.1. The SMILES string of the molecule is O=C(O)CCC1CN(c2cccc(Br)c2)CCCN1. The first-order chi connectivity index (χ1) is 9.15.